The minimum absolute atomic E-state index is 0.345. The van der Waals surface area contributed by atoms with Crippen LogP contribution in [0.15, 0.2) is 0 Å². The van der Waals surface area contributed by atoms with Gasteiger partial charge in [-0.25, -0.2) is 8.42 Å². The molecule has 0 aliphatic carbocycles. The highest BCUT2D eigenvalue weighted by Crippen LogP contribution is 2.40. The number of fused-ring (bicyclic) bond motifs is 1. The molecule has 3 unspecified atom stereocenters. The summed E-state index contributed by atoms with van der Waals surface area (Å²) in [7, 11) is -3.66. The molecule has 1 N–H and O–H groups in total. The van der Waals surface area contributed by atoms with Crippen LogP contribution in [0.25, 0.3) is 0 Å². The Kier molecular flexibility index (Phi) is 3.47. The average Bonchev–Trinajstić information content (AvgIpc) is 2.77. The van der Waals surface area contributed by atoms with E-state index in [4.69, 9.17) is 5.11 Å². The number of aliphatic carboxylic acids is 1. The van der Waals surface area contributed by atoms with Gasteiger partial charge in [-0.3, -0.25) is 9.59 Å². The summed E-state index contributed by atoms with van der Waals surface area (Å²) in [6.45, 7) is -0.873. The first-order valence-electron chi connectivity index (χ1n) is 5.82. The zero-order valence-corrected chi connectivity index (χ0v) is 10.9. The molecule has 2 rings (SSSR count). The van der Waals surface area contributed by atoms with Crippen molar-refractivity contribution in [3.05, 3.63) is 0 Å². The van der Waals surface area contributed by atoms with Crippen LogP contribution in [0, 0.1) is 11.8 Å². The second-order valence-electron chi connectivity index (χ2n) is 5.10. The molecule has 0 bridgehead atoms. The number of carboxylic acid groups (broad SMARTS) is 1. The molecule has 2 saturated heterocycles. The summed E-state index contributed by atoms with van der Waals surface area (Å²) >= 11 is 0. The van der Waals surface area contributed by atoms with Gasteiger partial charge in [0.25, 0.3) is 0 Å². The highest BCUT2D eigenvalue weighted by Gasteiger charge is 2.56. The van der Waals surface area contributed by atoms with Crippen molar-refractivity contribution in [2.75, 3.05) is 18.8 Å². The number of alkyl halides is 3. The maximum absolute atomic E-state index is 12.3. The van der Waals surface area contributed by atoms with Gasteiger partial charge in [-0.05, 0) is 11.8 Å². The van der Waals surface area contributed by atoms with Crippen molar-refractivity contribution < 1.29 is 36.3 Å². The number of carboxylic acids is 1. The Balaban J connectivity index is 2.20. The third-order valence-corrected chi connectivity index (χ3v) is 6.10. The number of carbonyl (C=O) groups is 2. The minimum atomic E-state index is -5.05. The predicted molar refractivity (Wildman–Crippen MR) is 59.4 cm³/mol. The summed E-state index contributed by atoms with van der Waals surface area (Å²) in [5.41, 5.74) is 0. The van der Waals surface area contributed by atoms with Gasteiger partial charge in [0, 0.05) is 19.5 Å². The van der Waals surface area contributed by atoms with E-state index in [1.807, 2.05) is 0 Å². The Labute approximate surface area is 112 Å². The first kappa shape index (κ1) is 15.1. The molecule has 0 radical (unpaired) electrons. The molecular formula is C10H12F3NO5S. The van der Waals surface area contributed by atoms with E-state index in [-0.39, 0.29) is 12.3 Å². The Morgan fingerprint density at radius 1 is 1.25 bits per heavy atom. The van der Waals surface area contributed by atoms with Crippen LogP contribution in [-0.2, 0) is 19.4 Å². The molecule has 2 aliphatic heterocycles. The molecule has 2 aliphatic rings. The third kappa shape index (κ3) is 2.60. The summed E-state index contributed by atoms with van der Waals surface area (Å²) < 4.78 is 60.7. The van der Waals surface area contributed by atoms with Gasteiger partial charge >= 0.3 is 18.1 Å². The van der Waals surface area contributed by atoms with E-state index in [1.54, 1.807) is 0 Å². The van der Waals surface area contributed by atoms with Crippen molar-refractivity contribution in [3.8, 4) is 0 Å². The largest absolute Gasteiger partial charge is 0.481 e. The second kappa shape index (κ2) is 4.61. The van der Waals surface area contributed by atoms with Crippen LogP contribution in [0.3, 0.4) is 0 Å². The maximum Gasteiger partial charge on any atom is 0.471 e. The summed E-state index contributed by atoms with van der Waals surface area (Å²) in [6.07, 6.45) is -5.47. The van der Waals surface area contributed by atoms with Gasteiger partial charge in [0.1, 0.15) is 0 Å². The van der Waals surface area contributed by atoms with Crippen molar-refractivity contribution in [3.63, 3.8) is 0 Å². The topological polar surface area (TPSA) is 91.8 Å². The van der Waals surface area contributed by atoms with E-state index in [9.17, 15) is 31.2 Å². The van der Waals surface area contributed by atoms with Crippen LogP contribution in [-0.4, -0.2) is 60.6 Å². The summed E-state index contributed by atoms with van der Waals surface area (Å²) in [5, 5.41) is 7.63. The summed E-state index contributed by atoms with van der Waals surface area (Å²) in [5.74, 6) is -5.10. The van der Waals surface area contributed by atoms with Crippen LogP contribution >= 0.6 is 0 Å². The number of amides is 1. The smallest absolute Gasteiger partial charge is 0.471 e. The molecule has 0 spiro atoms. The van der Waals surface area contributed by atoms with Crippen LogP contribution in [0.4, 0.5) is 13.2 Å². The quantitative estimate of drug-likeness (QED) is 0.768. The molecule has 20 heavy (non-hydrogen) atoms. The fourth-order valence-corrected chi connectivity index (χ4v) is 5.41. The van der Waals surface area contributed by atoms with Gasteiger partial charge in [-0.2, -0.15) is 13.2 Å². The van der Waals surface area contributed by atoms with Crippen LogP contribution in [0.2, 0.25) is 0 Å². The minimum Gasteiger partial charge on any atom is -0.481 e. The Bertz CT molecular complexity index is 544. The molecule has 3 atom stereocenters. The van der Waals surface area contributed by atoms with Crippen LogP contribution < -0.4 is 0 Å². The van der Waals surface area contributed by atoms with Gasteiger partial charge in [0.2, 0.25) is 0 Å². The fourth-order valence-electron chi connectivity index (χ4n) is 2.96. The monoisotopic (exact) mass is 315 g/mol. The molecule has 6 nitrogen and oxygen atoms in total. The maximum atomic E-state index is 12.3. The molecule has 0 aromatic carbocycles. The molecule has 0 aromatic heterocycles. The van der Waals surface area contributed by atoms with Gasteiger partial charge in [0.15, 0.2) is 9.84 Å². The van der Waals surface area contributed by atoms with Crippen LogP contribution in [0.1, 0.15) is 6.42 Å². The number of carbonyl (C=O) groups excluding carboxylic acids is 1. The molecule has 10 heteroatoms. The zero-order valence-electron chi connectivity index (χ0n) is 10.1. The Morgan fingerprint density at radius 3 is 2.35 bits per heavy atom. The average molecular weight is 315 g/mol. The second-order valence-corrected chi connectivity index (χ2v) is 7.36. The molecule has 0 saturated carbocycles. The van der Waals surface area contributed by atoms with Crippen molar-refractivity contribution in [1.29, 1.82) is 0 Å². The first-order chi connectivity index (χ1) is 9.02. The lowest BCUT2D eigenvalue weighted by Gasteiger charge is -2.20. The van der Waals surface area contributed by atoms with Crippen molar-refractivity contribution >= 4 is 21.7 Å². The van der Waals surface area contributed by atoms with E-state index < -0.39 is 57.9 Å². The van der Waals surface area contributed by atoms with E-state index in [0.717, 1.165) is 0 Å². The van der Waals surface area contributed by atoms with Gasteiger partial charge in [-0.15, -0.1) is 0 Å². The Morgan fingerprint density at radius 2 is 1.85 bits per heavy atom. The molecule has 2 heterocycles. The number of hydrogen-bond donors (Lipinski definition) is 1. The Hall–Kier alpha value is -1.32. The number of rotatable bonds is 2. The first-order valence-corrected chi connectivity index (χ1v) is 7.53. The van der Waals surface area contributed by atoms with Crippen molar-refractivity contribution in [2.45, 2.75) is 17.8 Å². The SMILES string of the molecule is O=C(O)CC1CS(=O)(=O)C2CN(C(=O)C(F)(F)F)CC12. The van der Waals surface area contributed by atoms with E-state index in [0.29, 0.717) is 4.90 Å². The number of hydrogen-bond acceptors (Lipinski definition) is 4. The van der Waals surface area contributed by atoms with E-state index in [2.05, 4.69) is 0 Å². The summed E-state index contributed by atoms with van der Waals surface area (Å²) in [6, 6.07) is 0. The number of halogens is 3. The van der Waals surface area contributed by atoms with Crippen molar-refractivity contribution in [1.82, 2.24) is 4.90 Å². The summed E-state index contributed by atoms with van der Waals surface area (Å²) in [4.78, 5) is 22.3. The molecule has 1 amide bonds. The zero-order chi connectivity index (χ0) is 15.3. The highest BCUT2D eigenvalue weighted by molar-refractivity contribution is 7.92. The fraction of sp³-hybridized carbons (Fsp3) is 0.800. The number of nitrogens with zero attached hydrogens (tertiary/aromatic N) is 1. The van der Waals surface area contributed by atoms with Gasteiger partial charge in [0.05, 0.1) is 11.0 Å². The third-order valence-electron chi connectivity index (χ3n) is 3.79. The molecule has 0 aromatic rings. The van der Waals surface area contributed by atoms with Crippen molar-refractivity contribution in [2.24, 2.45) is 11.8 Å². The predicted octanol–water partition coefficient (Wildman–Crippen LogP) is -0.105. The van der Waals surface area contributed by atoms with Gasteiger partial charge in [-0.1, -0.05) is 0 Å². The van der Waals surface area contributed by atoms with Crippen LogP contribution in [0.5, 0.6) is 0 Å². The highest BCUT2D eigenvalue weighted by atomic mass is 32.2. The molecule has 114 valence electrons. The molecule has 2 fully saturated rings. The number of sulfone groups is 1. The lowest BCUT2D eigenvalue weighted by atomic mass is 9.91. The molecular weight excluding hydrogens is 303 g/mol. The lowest BCUT2D eigenvalue weighted by molar-refractivity contribution is -0.184. The standard InChI is InChI=1S/C10H12F3NO5S/c11-10(12,13)9(17)14-2-6-5(1-8(15)16)4-20(18,19)7(6)3-14/h5-7H,1-4H2,(H,15,16). The van der Waals surface area contributed by atoms with Gasteiger partial charge < -0.3 is 10.0 Å². The lowest BCUT2D eigenvalue weighted by Crippen LogP contribution is -2.41. The van der Waals surface area contributed by atoms with E-state index in [1.165, 1.54) is 0 Å². The van der Waals surface area contributed by atoms with E-state index >= 15 is 0 Å². The number of likely N-dealkylation sites (tertiary alicyclic amines) is 1. The normalized spacial score (nSPS) is 32.1.